The molecule has 10 heteroatoms. The Labute approximate surface area is 168 Å². The van der Waals surface area contributed by atoms with Gasteiger partial charge in [-0.05, 0) is 18.9 Å². The van der Waals surface area contributed by atoms with Crippen molar-refractivity contribution in [2.75, 3.05) is 19.0 Å². The summed E-state index contributed by atoms with van der Waals surface area (Å²) in [6.07, 6.45) is 4.76. The van der Waals surface area contributed by atoms with Crippen LogP contribution in [0.1, 0.15) is 23.3 Å². The molecule has 3 heterocycles. The van der Waals surface area contributed by atoms with E-state index < -0.39 is 5.91 Å². The van der Waals surface area contributed by atoms with Crippen LogP contribution in [-0.4, -0.2) is 40.2 Å². The Morgan fingerprint density at radius 1 is 1.50 bits per heavy atom. The highest BCUT2D eigenvalue weighted by atomic mass is 79.9. The largest absolute Gasteiger partial charge is 0.494 e. The number of aromatic nitrogens is 3. The van der Waals surface area contributed by atoms with Gasteiger partial charge in [0.05, 0.1) is 18.3 Å². The summed E-state index contributed by atoms with van der Waals surface area (Å²) < 4.78 is 12.2. The van der Waals surface area contributed by atoms with Crippen molar-refractivity contribution in [1.29, 1.82) is 0 Å². The van der Waals surface area contributed by atoms with E-state index in [0.29, 0.717) is 18.0 Å². The molecule has 1 aliphatic heterocycles. The highest BCUT2D eigenvalue weighted by Gasteiger charge is 2.23. The van der Waals surface area contributed by atoms with Gasteiger partial charge in [-0.15, -0.1) is 0 Å². The van der Waals surface area contributed by atoms with Crippen LogP contribution in [0.5, 0.6) is 5.75 Å². The maximum absolute atomic E-state index is 12.3. The number of halogens is 1. The Morgan fingerprint density at radius 3 is 3.04 bits per heavy atom. The minimum Gasteiger partial charge on any atom is -0.494 e. The maximum atomic E-state index is 12.3. The van der Waals surface area contributed by atoms with Gasteiger partial charge in [0.2, 0.25) is 5.91 Å². The molecule has 28 heavy (non-hydrogen) atoms. The lowest BCUT2D eigenvalue weighted by molar-refractivity contribution is -0.122. The molecule has 1 unspecified atom stereocenters. The molecule has 1 atom stereocenters. The summed E-state index contributed by atoms with van der Waals surface area (Å²) in [5.74, 6) is 0.233. The third-order valence-electron chi connectivity index (χ3n) is 4.70. The number of carbonyl (C=O) groups is 2. The van der Waals surface area contributed by atoms with Crippen molar-refractivity contribution in [2.24, 2.45) is 5.92 Å². The molecule has 146 valence electrons. The predicted octanol–water partition coefficient (Wildman–Crippen LogP) is 2.57. The zero-order chi connectivity index (χ0) is 19.7. The summed E-state index contributed by atoms with van der Waals surface area (Å²) in [5.41, 5.74) is 1.41. The molecule has 4 rings (SSSR count). The highest BCUT2D eigenvalue weighted by molar-refractivity contribution is 9.10. The van der Waals surface area contributed by atoms with Crippen molar-refractivity contribution < 1.29 is 18.7 Å². The lowest BCUT2D eigenvalue weighted by atomic mass is 10.0. The number of fused-ring (bicyclic) bond motifs is 1. The van der Waals surface area contributed by atoms with Gasteiger partial charge in [-0.3, -0.25) is 14.3 Å². The van der Waals surface area contributed by atoms with Crippen LogP contribution >= 0.6 is 15.9 Å². The molecule has 2 aromatic heterocycles. The smallest absolute Gasteiger partial charge is 0.277 e. The number of nitrogens with one attached hydrogen (secondary N) is 2. The van der Waals surface area contributed by atoms with Gasteiger partial charge in [0.15, 0.2) is 5.69 Å². The molecule has 1 fully saturated rings. The first-order valence-electron chi connectivity index (χ1n) is 8.79. The molecule has 2 amide bonds. The third-order valence-corrected chi connectivity index (χ3v) is 5.06. The highest BCUT2D eigenvalue weighted by Crippen LogP contribution is 2.30. The normalized spacial score (nSPS) is 16.4. The van der Waals surface area contributed by atoms with Gasteiger partial charge in [0, 0.05) is 52.6 Å². The summed E-state index contributed by atoms with van der Waals surface area (Å²) >= 11 is 3.07. The van der Waals surface area contributed by atoms with Crippen molar-refractivity contribution in [3.8, 4) is 5.75 Å². The number of carbonyl (C=O) groups excluding carboxylic acids is 2. The Hall–Kier alpha value is -2.88. The third kappa shape index (κ3) is 3.72. The quantitative estimate of drug-likeness (QED) is 0.600. The second kappa shape index (κ2) is 7.63. The topological polar surface area (TPSA) is 111 Å². The zero-order valence-electron chi connectivity index (χ0n) is 15.1. The zero-order valence-corrected chi connectivity index (χ0v) is 16.7. The van der Waals surface area contributed by atoms with Gasteiger partial charge in [-0.1, -0.05) is 0 Å². The monoisotopic (exact) mass is 447 g/mol. The van der Waals surface area contributed by atoms with Crippen LogP contribution < -0.4 is 15.4 Å². The molecule has 0 spiro atoms. The van der Waals surface area contributed by atoms with Crippen LogP contribution in [0.3, 0.4) is 0 Å². The maximum Gasteiger partial charge on any atom is 0.277 e. The van der Waals surface area contributed by atoms with E-state index in [1.807, 2.05) is 10.9 Å². The van der Waals surface area contributed by atoms with Crippen LogP contribution in [0.4, 0.5) is 5.69 Å². The first-order valence-corrected chi connectivity index (χ1v) is 9.58. The van der Waals surface area contributed by atoms with Gasteiger partial charge in [0.25, 0.3) is 10.7 Å². The number of rotatable bonds is 6. The van der Waals surface area contributed by atoms with E-state index in [2.05, 4.69) is 36.6 Å². The molecular formula is C18H18BrN5O4. The summed E-state index contributed by atoms with van der Waals surface area (Å²) in [5, 5.41) is 11.0. The fourth-order valence-electron chi connectivity index (χ4n) is 3.24. The van der Waals surface area contributed by atoms with Crippen molar-refractivity contribution in [2.45, 2.75) is 19.4 Å². The summed E-state index contributed by atoms with van der Waals surface area (Å²) in [6, 6.07) is 3.56. The van der Waals surface area contributed by atoms with Gasteiger partial charge in [0.1, 0.15) is 12.0 Å². The van der Waals surface area contributed by atoms with Crippen LogP contribution in [-0.2, 0) is 11.3 Å². The molecule has 2 N–H and O–H groups in total. The first kappa shape index (κ1) is 18.5. The fourth-order valence-corrected chi connectivity index (χ4v) is 3.52. The van der Waals surface area contributed by atoms with E-state index in [1.165, 1.54) is 13.4 Å². The molecule has 3 aromatic rings. The lowest BCUT2D eigenvalue weighted by Gasteiger charge is -2.09. The van der Waals surface area contributed by atoms with Crippen LogP contribution in [0.2, 0.25) is 0 Å². The van der Waals surface area contributed by atoms with E-state index in [0.717, 1.165) is 30.3 Å². The van der Waals surface area contributed by atoms with E-state index in [-0.39, 0.29) is 22.3 Å². The van der Waals surface area contributed by atoms with Gasteiger partial charge in [-0.25, -0.2) is 0 Å². The number of aryl methyl sites for hydroxylation is 1. The Balaban J connectivity index is 1.54. The van der Waals surface area contributed by atoms with Crippen molar-refractivity contribution in [1.82, 2.24) is 20.1 Å². The average molecular weight is 448 g/mol. The predicted molar refractivity (Wildman–Crippen MR) is 104 cm³/mol. The van der Waals surface area contributed by atoms with Crippen molar-refractivity contribution in [3.05, 3.63) is 35.1 Å². The van der Waals surface area contributed by atoms with E-state index in [9.17, 15) is 9.59 Å². The standard InChI is InChI=1S/C18H18BrN5O4/c1-27-15-7-12-11(6-13(15)21-17(26)14-9-28-18(19)22-14)8-24(23-12)5-3-10-2-4-20-16(10)25/h6-10H,2-5H2,1H3,(H,20,25)(H,21,26). The SMILES string of the molecule is COc1cc2nn(CCC3CCNC3=O)cc2cc1NC(=O)c1coc(Br)n1. The Morgan fingerprint density at radius 2 is 2.36 bits per heavy atom. The second-order valence-corrected chi connectivity index (χ2v) is 7.19. The molecule has 1 aliphatic rings. The molecular weight excluding hydrogens is 430 g/mol. The van der Waals surface area contributed by atoms with Crippen molar-refractivity contribution >= 4 is 44.3 Å². The molecule has 0 bridgehead atoms. The Bertz CT molecular complexity index is 1040. The molecule has 0 radical (unpaired) electrons. The number of ether oxygens (including phenoxy) is 1. The molecule has 0 saturated carbocycles. The first-order chi connectivity index (χ1) is 13.5. The van der Waals surface area contributed by atoms with Gasteiger partial charge < -0.3 is 19.8 Å². The van der Waals surface area contributed by atoms with Gasteiger partial charge in [-0.2, -0.15) is 10.1 Å². The number of methoxy groups -OCH3 is 1. The molecule has 0 aliphatic carbocycles. The minimum absolute atomic E-state index is 0.0403. The number of anilines is 1. The van der Waals surface area contributed by atoms with E-state index in [4.69, 9.17) is 9.15 Å². The summed E-state index contributed by atoms with van der Waals surface area (Å²) in [4.78, 5) is 28.2. The number of oxazole rings is 1. The van der Waals surface area contributed by atoms with Crippen LogP contribution in [0, 0.1) is 5.92 Å². The van der Waals surface area contributed by atoms with E-state index >= 15 is 0 Å². The molecule has 9 nitrogen and oxygen atoms in total. The lowest BCUT2D eigenvalue weighted by Crippen LogP contribution is -2.20. The second-order valence-electron chi connectivity index (χ2n) is 6.51. The van der Waals surface area contributed by atoms with E-state index in [1.54, 1.807) is 12.1 Å². The van der Waals surface area contributed by atoms with Gasteiger partial charge >= 0.3 is 0 Å². The average Bonchev–Trinajstić information content (AvgIpc) is 3.38. The number of hydrogen-bond acceptors (Lipinski definition) is 6. The number of benzene rings is 1. The molecule has 1 saturated heterocycles. The Kier molecular flexibility index (Phi) is 5.03. The van der Waals surface area contributed by atoms with Crippen LogP contribution in [0.15, 0.2) is 33.8 Å². The fraction of sp³-hybridized carbons (Fsp3) is 0.333. The summed E-state index contributed by atoms with van der Waals surface area (Å²) in [7, 11) is 1.53. The number of amides is 2. The number of hydrogen-bond donors (Lipinski definition) is 2. The minimum atomic E-state index is -0.410. The van der Waals surface area contributed by atoms with Crippen LogP contribution in [0.25, 0.3) is 10.9 Å². The summed E-state index contributed by atoms with van der Waals surface area (Å²) in [6.45, 7) is 1.39. The van der Waals surface area contributed by atoms with Crippen molar-refractivity contribution in [3.63, 3.8) is 0 Å². The number of nitrogens with zero attached hydrogens (tertiary/aromatic N) is 3. The molecule has 1 aromatic carbocycles.